The molecule has 182 valence electrons. The van der Waals surface area contributed by atoms with Gasteiger partial charge in [-0.15, -0.1) is 0 Å². The Bertz CT molecular complexity index is 991. The van der Waals surface area contributed by atoms with Crippen LogP contribution in [0.3, 0.4) is 0 Å². The molecule has 0 spiro atoms. The molecule has 2 atom stereocenters. The zero-order valence-electron chi connectivity index (χ0n) is 20.1. The number of carbonyl (C=O) groups excluding carboxylic acids is 2. The summed E-state index contributed by atoms with van der Waals surface area (Å²) in [6, 6.07) is 14.1. The van der Waals surface area contributed by atoms with Crippen molar-refractivity contribution < 1.29 is 24.2 Å². The molecule has 1 aliphatic rings. The minimum absolute atomic E-state index is 0.0930. The van der Waals surface area contributed by atoms with Gasteiger partial charge in [0.05, 0.1) is 0 Å². The Morgan fingerprint density at radius 2 is 1.53 bits per heavy atom. The molecule has 0 aromatic heterocycles. The van der Waals surface area contributed by atoms with Gasteiger partial charge in [0.1, 0.15) is 18.7 Å². The van der Waals surface area contributed by atoms with E-state index in [4.69, 9.17) is 4.74 Å². The molecule has 0 radical (unpaired) electrons. The van der Waals surface area contributed by atoms with Crippen molar-refractivity contribution in [2.24, 2.45) is 5.92 Å². The Labute approximate surface area is 200 Å². The van der Waals surface area contributed by atoms with E-state index in [1.54, 1.807) is 13.8 Å². The number of carboxylic acids is 1. The first-order valence-corrected chi connectivity index (χ1v) is 11.5. The Balaban J connectivity index is 1.68. The summed E-state index contributed by atoms with van der Waals surface area (Å²) in [6.45, 7) is 4.09. The number of aliphatic carboxylic acids is 1. The minimum atomic E-state index is -1.11. The number of rotatable bonds is 10. The van der Waals surface area contributed by atoms with E-state index < -0.39 is 30.1 Å². The Hall–Kier alpha value is -3.39. The van der Waals surface area contributed by atoms with E-state index in [0.717, 1.165) is 22.3 Å². The lowest BCUT2D eigenvalue weighted by molar-refractivity contribution is -0.143. The van der Waals surface area contributed by atoms with Crippen LogP contribution in [-0.2, 0) is 14.3 Å². The van der Waals surface area contributed by atoms with E-state index in [0.29, 0.717) is 13.0 Å². The van der Waals surface area contributed by atoms with Gasteiger partial charge in [0.15, 0.2) is 0 Å². The maximum Gasteiger partial charge on any atom is 0.407 e. The van der Waals surface area contributed by atoms with Gasteiger partial charge in [-0.25, -0.2) is 9.59 Å². The van der Waals surface area contributed by atoms with Crippen molar-refractivity contribution in [1.29, 1.82) is 0 Å². The summed E-state index contributed by atoms with van der Waals surface area (Å²) in [7, 11) is 3.72. The molecular weight excluding hydrogens is 434 g/mol. The third-order valence-electron chi connectivity index (χ3n) is 6.05. The number of hydrogen-bond acceptors (Lipinski definition) is 5. The lowest BCUT2D eigenvalue weighted by Gasteiger charge is -2.24. The molecule has 1 unspecified atom stereocenters. The fourth-order valence-corrected chi connectivity index (χ4v) is 4.21. The van der Waals surface area contributed by atoms with Crippen molar-refractivity contribution in [3.8, 4) is 11.1 Å². The highest BCUT2D eigenvalue weighted by molar-refractivity contribution is 5.89. The maximum absolute atomic E-state index is 12.8. The Morgan fingerprint density at radius 3 is 2.03 bits per heavy atom. The molecule has 8 heteroatoms. The third kappa shape index (κ3) is 5.94. The van der Waals surface area contributed by atoms with Crippen molar-refractivity contribution in [3.63, 3.8) is 0 Å². The number of benzene rings is 2. The van der Waals surface area contributed by atoms with Gasteiger partial charge in [0.2, 0.25) is 5.91 Å². The number of amides is 2. The smallest absolute Gasteiger partial charge is 0.407 e. The first-order chi connectivity index (χ1) is 16.2. The van der Waals surface area contributed by atoms with Gasteiger partial charge in [-0.05, 0) is 55.2 Å². The second-order valence-electron chi connectivity index (χ2n) is 9.18. The van der Waals surface area contributed by atoms with Gasteiger partial charge >= 0.3 is 12.1 Å². The normalized spacial score (nSPS) is 14.3. The highest BCUT2D eigenvalue weighted by atomic mass is 16.5. The van der Waals surface area contributed by atoms with E-state index in [1.165, 1.54) is 0 Å². The van der Waals surface area contributed by atoms with Crippen LogP contribution in [0, 0.1) is 5.92 Å². The summed E-state index contributed by atoms with van der Waals surface area (Å²) in [5, 5.41) is 14.6. The minimum Gasteiger partial charge on any atom is -0.480 e. The number of ether oxygens (including phenoxy) is 1. The second-order valence-corrected chi connectivity index (χ2v) is 9.18. The summed E-state index contributed by atoms with van der Waals surface area (Å²) >= 11 is 0. The van der Waals surface area contributed by atoms with Gasteiger partial charge in [-0.2, -0.15) is 0 Å². The van der Waals surface area contributed by atoms with E-state index in [1.807, 2.05) is 55.4 Å². The lowest BCUT2D eigenvalue weighted by Crippen LogP contribution is -2.53. The summed E-state index contributed by atoms with van der Waals surface area (Å²) in [5.74, 6) is -2.05. The van der Waals surface area contributed by atoms with E-state index >= 15 is 0 Å². The van der Waals surface area contributed by atoms with Crippen LogP contribution in [0.4, 0.5) is 4.79 Å². The summed E-state index contributed by atoms with van der Waals surface area (Å²) in [5.41, 5.74) is 4.45. The molecule has 2 amide bonds. The van der Waals surface area contributed by atoms with Crippen molar-refractivity contribution >= 4 is 18.0 Å². The van der Waals surface area contributed by atoms with Crippen LogP contribution < -0.4 is 10.6 Å². The number of hydrogen-bond donors (Lipinski definition) is 3. The van der Waals surface area contributed by atoms with Crippen LogP contribution in [0.5, 0.6) is 0 Å². The number of nitrogens with one attached hydrogen (secondary N) is 2. The first kappa shape index (κ1) is 25.2. The number of alkyl carbamates (subject to hydrolysis) is 1. The van der Waals surface area contributed by atoms with Crippen LogP contribution >= 0.6 is 0 Å². The fourth-order valence-electron chi connectivity index (χ4n) is 4.21. The Morgan fingerprint density at radius 1 is 0.971 bits per heavy atom. The monoisotopic (exact) mass is 467 g/mol. The van der Waals surface area contributed by atoms with Crippen molar-refractivity contribution in [3.05, 3.63) is 59.7 Å². The van der Waals surface area contributed by atoms with Gasteiger partial charge < -0.3 is 25.4 Å². The number of nitrogens with zero attached hydrogens (tertiary/aromatic N) is 1. The van der Waals surface area contributed by atoms with Crippen molar-refractivity contribution in [1.82, 2.24) is 15.5 Å². The molecule has 3 rings (SSSR count). The third-order valence-corrected chi connectivity index (χ3v) is 6.05. The van der Waals surface area contributed by atoms with Gasteiger partial charge in [-0.3, -0.25) is 4.79 Å². The largest absolute Gasteiger partial charge is 0.480 e. The molecule has 0 saturated heterocycles. The number of carboxylic acid groups (broad SMARTS) is 1. The maximum atomic E-state index is 12.8. The summed E-state index contributed by atoms with van der Waals surface area (Å²) in [4.78, 5) is 38.9. The molecule has 0 bridgehead atoms. The highest BCUT2D eigenvalue weighted by Gasteiger charge is 2.31. The second kappa shape index (κ2) is 11.2. The standard InChI is InChI=1S/C26H33N3O5/c1-16(2)23(25(31)32)28-24(30)22(13-14-29(3)4)27-26(33)34-15-21-19-11-7-5-9-17(19)18-10-6-8-12-20(18)21/h5-12,16,21-23H,13-15H2,1-4H3,(H,27,33)(H,28,30)(H,31,32)/t22?,23-/m0/s1. The molecule has 34 heavy (non-hydrogen) atoms. The zero-order valence-corrected chi connectivity index (χ0v) is 20.1. The van der Waals surface area contributed by atoms with E-state index in [9.17, 15) is 19.5 Å². The molecule has 0 heterocycles. The molecule has 0 fully saturated rings. The first-order valence-electron chi connectivity index (χ1n) is 11.5. The number of fused-ring (bicyclic) bond motifs is 3. The van der Waals surface area contributed by atoms with Crippen LogP contribution in [0.25, 0.3) is 11.1 Å². The molecular formula is C26H33N3O5. The van der Waals surface area contributed by atoms with Crippen LogP contribution in [0.2, 0.25) is 0 Å². The van der Waals surface area contributed by atoms with Gasteiger partial charge in [0.25, 0.3) is 0 Å². The highest BCUT2D eigenvalue weighted by Crippen LogP contribution is 2.44. The number of carbonyl (C=O) groups is 3. The SMILES string of the molecule is CC(C)[C@H](NC(=O)C(CCN(C)C)NC(=O)OCC1c2ccccc2-c2ccccc21)C(=O)O. The molecule has 3 N–H and O–H groups in total. The van der Waals surface area contributed by atoms with Crippen LogP contribution in [-0.4, -0.2) is 67.3 Å². The predicted octanol–water partition coefficient (Wildman–Crippen LogP) is 3.07. The topological polar surface area (TPSA) is 108 Å². The Kier molecular flexibility index (Phi) is 8.28. The molecule has 0 saturated carbocycles. The molecule has 2 aromatic rings. The van der Waals surface area contributed by atoms with Crippen LogP contribution in [0.15, 0.2) is 48.5 Å². The predicted molar refractivity (Wildman–Crippen MR) is 130 cm³/mol. The lowest BCUT2D eigenvalue weighted by atomic mass is 9.98. The zero-order chi connectivity index (χ0) is 24.8. The summed E-state index contributed by atoms with van der Waals surface area (Å²) in [6.07, 6.45) is -0.398. The molecule has 8 nitrogen and oxygen atoms in total. The quantitative estimate of drug-likeness (QED) is 0.496. The fraction of sp³-hybridized carbons (Fsp3) is 0.423. The van der Waals surface area contributed by atoms with Gasteiger partial charge in [-0.1, -0.05) is 62.4 Å². The van der Waals surface area contributed by atoms with E-state index in [2.05, 4.69) is 22.8 Å². The molecule has 1 aliphatic carbocycles. The summed E-state index contributed by atoms with van der Waals surface area (Å²) < 4.78 is 5.57. The van der Waals surface area contributed by atoms with Crippen molar-refractivity contribution in [2.75, 3.05) is 27.2 Å². The van der Waals surface area contributed by atoms with E-state index in [-0.39, 0.29) is 18.4 Å². The van der Waals surface area contributed by atoms with Gasteiger partial charge in [0, 0.05) is 5.92 Å². The average molecular weight is 468 g/mol. The molecule has 2 aromatic carbocycles. The molecule has 0 aliphatic heterocycles. The van der Waals surface area contributed by atoms with Crippen molar-refractivity contribution in [2.45, 2.75) is 38.3 Å². The average Bonchev–Trinajstić information content (AvgIpc) is 3.11. The van der Waals surface area contributed by atoms with Crippen LogP contribution in [0.1, 0.15) is 37.3 Å².